The number of aromatic nitrogens is 3. The van der Waals surface area contributed by atoms with E-state index in [2.05, 4.69) is 15.4 Å². The summed E-state index contributed by atoms with van der Waals surface area (Å²) in [7, 11) is 1.65. The number of para-hydroxylation sites is 1. The van der Waals surface area contributed by atoms with E-state index in [0.717, 1.165) is 25.2 Å². The molecule has 0 saturated heterocycles. The van der Waals surface area contributed by atoms with E-state index in [9.17, 15) is 4.79 Å². The Bertz CT molecular complexity index is 641. The first kappa shape index (κ1) is 14.5. The number of nitrogens with one attached hydrogen (secondary N) is 1. The van der Waals surface area contributed by atoms with Crippen molar-refractivity contribution in [1.29, 1.82) is 0 Å². The molecule has 0 aliphatic carbocycles. The number of carbonyl (C=O) groups is 1. The quantitative estimate of drug-likeness (QED) is 0.911. The topological polar surface area (TPSA) is 78.3 Å². The molecule has 2 heterocycles. The Kier molecular flexibility index (Phi) is 4.34. The highest BCUT2D eigenvalue weighted by atomic mass is 16.5. The number of ether oxygens (including phenoxy) is 2. The molecule has 0 saturated carbocycles. The van der Waals surface area contributed by atoms with Crippen molar-refractivity contribution >= 4 is 11.9 Å². The Balaban J connectivity index is 1.59. The van der Waals surface area contributed by atoms with Gasteiger partial charge in [0.05, 0.1) is 0 Å². The number of anilines is 1. The van der Waals surface area contributed by atoms with Crippen LogP contribution in [-0.2, 0) is 16.1 Å². The molecule has 1 unspecified atom stereocenters. The molecular weight excluding hydrogens is 284 g/mol. The highest BCUT2D eigenvalue weighted by Gasteiger charge is 2.24. The molecule has 1 aromatic carbocycles. The standard InChI is InChI=1S/C15H18N4O3/c1-21-12-8-5-9-19-14(12)17-15(18-19)16-13(20)10-22-11-6-3-2-4-7-11/h2-4,6-7,12H,5,8-10H2,1H3,(H,16,18,20). The summed E-state index contributed by atoms with van der Waals surface area (Å²) < 4.78 is 12.5. The summed E-state index contributed by atoms with van der Waals surface area (Å²) in [6.45, 7) is 0.709. The largest absolute Gasteiger partial charge is 0.484 e. The molecular formula is C15H18N4O3. The minimum atomic E-state index is -0.291. The Hall–Kier alpha value is -2.41. The van der Waals surface area contributed by atoms with Crippen LogP contribution in [0.1, 0.15) is 24.8 Å². The van der Waals surface area contributed by atoms with Crippen LogP contribution in [0.5, 0.6) is 5.75 Å². The van der Waals surface area contributed by atoms with E-state index in [1.165, 1.54) is 0 Å². The molecule has 1 amide bonds. The van der Waals surface area contributed by atoms with Gasteiger partial charge in [-0.25, -0.2) is 4.68 Å². The van der Waals surface area contributed by atoms with Crippen molar-refractivity contribution in [3.63, 3.8) is 0 Å². The summed E-state index contributed by atoms with van der Waals surface area (Å²) in [5.41, 5.74) is 0. The van der Waals surface area contributed by atoms with Crippen LogP contribution >= 0.6 is 0 Å². The van der Waals surface area contributed by atoms with Gasteiger partial charge >= 0.3 is 0 Å². The maximum Gasteiger partial charge on any atom is 0.264 e. The third kappa shape index (κ3) is 3.25. The van der Waals surface area contributed by atoms with Crippen molar-refractivity contribution in [1.82, 2.24) is 14.8 Å². The predicted octanol–water partition coefficient (Wildman–Crippen LogP) is 1.78. The Morgan fingerprint density at radius 1 is 1.41 bits per heavy atom. The van der Waals surface area contributed by atoms with Gasteiger partial charge in [0.2, 0.25) is 5.95 Å². The molecule has 0 radical (unpaired) electrons. The van der Waals surface area contributed by atoms with Gasteiger partial charge in [-0.15, -0.1) is 5.10 Å². The van der Waals surface area contributed by atoms with E-state index in [4.69, 9.17) is 9.47 Å². The maximum atomic E-state index is 11.9. The summed E-state index contributed by atoms with van der Waals surface area (Å²) in [6, 6.07) is 9.18. The van der Waals surface area contributed by atoms with Gasteiger partial charge in [-0.3, -0.25) is 10.1 Å². The van der Waals surface area contributed by atoms with Crippen LogP contribution in [0.2, 0.25) is 0 Å². The van der Waals surface area contributed by atoms with Crippen LogP contribution in [-0.4, -0.2) is 34.4 Å². The second-order valence-corrected chi connectivity index (χ2v) is 5.03. The molecule has 1 aliphatic heterocycles. The summed E-state index contributed by atoms with van der Waals surface area (Å²) in [5.74, 6) is 1.41. The van der Waals surface area contributed by atoms with Gasteiger partial charge < -0.3 is 9.47 Å². The molecule has 116 valence electrons. The van der Waals surface area contributed by atoms with E-state index in [1.54, 1.807) is 23.9 Å². The SMILES string of the molecule is COC1CCCn2nc(NC(=O)COc3ccccc3)nc21. The molecule has 0 spiro atoms. The number of aryl methyl sites for hydroxylation is 1. The van der Waals surface area contributed by atoms with Gasteiger partial charge in [0, 0.05) is 13.7 Å². The number of rotatable bonds is 5. The lowest BCUT2D eigenvalue weighted by Gasteiger charge is -2.19. The molecule has 1 atom stereocenters. The van der Waals surface area contributed by atoms with Crippen molar-refractivity contribution in [2.45, 2.75) is 25.5 Å². The monoisotopic (exact) mass is 302 g/mol. The fourth-order valence-electron chi connectivity index (χ4n) is 2.42. The predicted molar refractivity (Wildman–Crippen MR) is 79.6 cm³/mol. The summed E-state index contributed by atoms with van der Waals surface area (Å²) in [4.78, 5) is 16.2. The molecule has 3 rings (SSSR count). The van der Waals surface area contributed by atoms with Gasteiger partial charge in [-0.1, -0.05) is 18.2 Å². The third-order valence-corrected chi connectivity index (χ3v) is 3.47. The number of carbonyl (C=O) groups excluding carboxylic acids is 1. The van der Waals surface area contributed by atoms with E-state index >= 15 is 0 Å². The van der Waals surface area contributed by atoms with Crippen molar-refractivity contribution in [3.05, 3.63) is 36.2 Å². The maximum absolute atomic E-state index is 11.9. The number of hydrogen-bond acceptors (Lipinski definition) is 5. The average Bonchev–Trinajstić information content (AvgIpc) is 2.96. The van der Waals surface area contributed by atoms with Gasteiger partial charge in [-0.2, -0.15) is 4.98 Å². The van der Waals surface area contributed by atoms with Crippen LogP contribution in [0.4, 0.5) is 5.95 Å². The van der Waals surface area contributed by atoms with Crippen molar-refractivity contribution in [2.75, 3.05) is 19.0 Å². The number of amides is 1. The first-order valence-corrected chi connectivity index (χ1v) is 7.21. The van der Waals surface area contributed by atoms with E-state index in [0.29, 0.717) is 11.7 Å². The van der Waals surface area contributed by atoms with Crippen molar-refractivity contribution < 1.29 is 14.3 Å². The second-order valence-electron chi connectivity index (χ2n) is 5.03. The molecule has 7 heteroatoms. The summed E-state index contributed by atoms with van der Waals surface area (Å²) >= 11 is 0. The molecule has 22 heavy (non-hydrogen) atoms. The van der Waals surface area contributed by atoms with Gasteiger partial charge in [0.15, 0.2) is 12.4 Å². The Morgan fingerprint density at radius 3 is 3.00 bits per heavy atom. The third-order valence-electron chi connectivity index (χ3n) is 3.47. The lowest BCUT2D eigenvalue weighted by molar-refractivity contribution is -0.118. The molecule has 1 aromatic heterocycles. The van der Waals surface area contributed by atoms with E-state index in [-0.39, 0.29) is 18.6 Å². The number of fused-ring (bicyclic) bond motifs is 1. The van der Waals surface area contributed by atoms with Crippen LogP contribution < -0.4 is 10.1 Å². The van der Waals surface area contributed by atoms with Crippen LogP contribution in [0.25, 0.3) is 0 Å². The fourth-order valence-corrected chi connectivity index (χ4v) is 2.42. The van der Waals surface area contributed by atoms with Crippen molar-refractivity contribution in [2.24, 2.45) is 0 Å². The van der Waals surface area contributed by atoms with Crippen LogP contribution in [0, 0.1) is 0 Å². The fraction of sp³-hybridized carbons (Fsp3) is 0.400. The minimum absolute atomic E-state index is 0.0625. The Morgan fingerprint density at radius 2 is 2.23 bits per heavy atom. The number of hydrogen-bond donors (Lipinski definition) is 1. The molecule has 0 fully saturated rings. The zero-order valence-corrected chi connectivity index (χ0v) is 12.4. The lowest BCUT2D eigenvalue weighted by Crippen LogP contribution is -2.21. The average molecular weight is 302 g/mol. The Labute approximate surface area is 128 Å². The molecule has 2 aromatic rings. The van der Waals surface area contributed by atoms with Gasteiger partial charge in [0.25, 0.3) is 5.91 Å². The minimum Gasteiger partial charge on any atom is -0.484 e. The second kappa shape index (κ2) is 6.57. The zero-order chi connectivity index (χ0) is 15.4. The van der Waals surface area contributed by atoms with Crippen molar-refractivity contribution in [3.8, 4) is 5.75 Å². The number of methoxy groups -OCH3 is 1. The zero-order valence-electron chi connectivity index (χ0n) is 12.4. The summed E-state index contributed by atoms with van der Waals surface area (Å²) in [5, 5.41) is 6.93. The van der Waals surface area contributed by atoms with Gasteiger partial charge in [0.1, 0.15) is 11.9 Å². The van der Waals surface area contributed by atoms with Crippen LogP contribution in [0.3, 0.4) is 0 Å². The van der Waals surface area contributed by atoms with Crippen LogP contribution in [0.15, 0.2) is 30.3 Å². The lowest BCUT2D eigenvalue weighted by atomic mass is 10.1. The van der Waals surface area contributed by atoms with E-state index in [1.807, 2.05) is 18.2 Å². The smallest absolute Gasteiger partial charge is 0.264 e. The summed E-state index contributed by atoms with van der Waals surface area (Å²) in [6.07, 6.45) is 1.84. The number of benzene rings is 1. The molecule has 1 aliphatic rings. The molecule has 1 N–H and O–H groups in total. The highest BCUT2D eigenvalue weighted by molar-refractivity contribution is 5.90. The first-order valence-electron chi connectivity index (χ1n) is 7.21. The molecule has 7 nitrogen and oxygen atoms in total. The highest BCUT2D eigenvalue weighted by Crippen LogP contribution is 2.26. The van der Waals surface area contributed by atoms with Gasteiger partial charge in [-0.05, 0) is 25.0 Å². The van der Waals surface area contributed by atoms with E-state index < -0.39 is 0 Å². The first-order chi connectivity index (χ1) is 10.8. The number of nitrogens with zero attached hydrogens (tertiary/aromatic N) is 3. The normalized spacial score (nSPS) is 16.9. The molecule has 0 bridgehead atoms.